The molecule has 0 amide bonds. The fraction of sp³-hybridized carbons (Fsp3) is 0.500. The van der Waals surface area contributed by atoms with E-state index in [0.29, 0.717) is 12.2 Å². The molecular weight excluding hydrogens is 264 g/mol. The fourth-order valence-corrected chi connectivity index (χ4v) is 2.41. The summed E-state index contributed by atoms with van der Waals surface area (Å²) in [4.78, 5) is 24.0. The van der Waals surface area contributed by atoms with E-state index in [9.17, 15) is 20.2 Å². The minimum atomic E-state index is -0.614. The van der Waals surface area contributed by atoms with Gasteiger partial charge in [-0.2, -0.15) is 0 Å². The van der Waals surface area contributed by atoms with Gasteiger partial charge < -0.3 is 9.80 Å². The topological polar surface area (TPSA) is 94.0 Å². The van der Waals surface area contributed by atoms with Gasteiger partial charge in [0, 0.05) is 19.0 Å². The van der Waals surface area contributed by atoms with E-state index in [4.69, 9.17) is 0 Å². The first kappa shape index (κ1) is 14.2. The van der Waals surface area contributed by atoms with E-state index >= 15 is 0 Å². The van der Waals surface area contributed by atoms with Gasteiger partial charge in [-0.1, -0.05) is 0 Å². The lowest BCUT2D eigenvalue weighted by Crippen LogP contribution is -3.09. The normalized spacial score (nSPS) is 19.4. The highest BCUT2D eigenvalue weighted by atomic mass is 16.6. The third kappa shape index (κ3) is 3.02. The Bertz CT molecular complexity index is 534. The summed E-state index contributed by atoms with van der Waals surface area (Å²) in [5.74, 6) is 0. The van der Waals surface area contributed by atoms with E-state index in [0.717, 1.165) is 32.1 Å². The Morgan fingerprint density at radius 2 is 1.90 bits per heavy atom. The van der Waals surface area contributed by atoms with Gasteiger partial charge >= 0.3 is 0 Å². The van der Waals surface area contributed by atoms with Crippen LogP contribution in [0.15, 0.2) is 18.2 Å². The second kappa shape index (κ2) is 5.83. The van der Waals surface area contributed by atoms with Crippen molar-refractivity contribution >= 4 is 17.1 Å². The summed E-state index contributed by atoms with van der Waals surface area (Å²) in [6.45, 7) is 3.37. The molecule has 1 atom stereocenters. The Labute approximate surface area is 115 Å². The number of nitrogens with zero attached hydrogens (tertiary/aromatic N) is 3. The highest BCUT2D eigenvalue weighted by Crippen LogP contribution is 2.32. The van der Waals surface area contributed by atoms with Crippen molar-refractivity contribution in [2.45, 2.75) is 6.42 Å². The SMILES string of the molecule is C[NH+]1CCCN(c2ccc([N+](=O)[O-])cc2[N+](=O)[O-])CC1. The summed E-state index contributed by atoms with van der Waals surface area (Å²) < 4.78 is 0. The maximum Gasteiger partial charge on any atom is 0.299 e. The molecule has 1 unspecified atom stereocenters. The lowest BCUT2D eigenvalue weighted by atomic mass is 10.2. The lowest BCUT2D eigenvalue weighted by Gasteiger charge is -2.21. The molecule has 1 aromatic carbocycles. The Kier molecular flexibility index (Phi) is 4.14. The summed E-state index contributed by atoms with van der Waals surface area (Å²) in [6, 6.07) is 3.84. The van der Waals surface area contributed by atoms with Crippen molar-refractivity contribution < 1.29 is 14.7 Å². The molecular formula is C12H17N4O4+. The molecule has 1 N–H and O–H groups in total. The average molecular weight is 281 g/mol. The van der Waals surface area contributed by atoms with Crippen LogP contribution in [0.1, 0.15) is 6.42 Å². The number of rotatable bonds is 3. The molecule has 1 heterocycles. The number of non-ortho nitro benzene ring substituents is 1. The zero-order valence-electron chi connectivity index (χ0n) is 11.2. The number of hydrogen-bond donors (Lipinski definition) is 1. The molecule has 1 fully saturated rings. The first-order chi connectivity index (χ1) is 9.49. The van der Waals surface area contributed by atoms with Gasteiger partial charge in [0.25, 0.3) is 11.4 Å². The van der Waals surface area contributed by atoms with Crippen molar-refractivity contribution in [3.05, 3.63) is 38.4 Å². The van der Waals surface area contributed by atoms with Crippen molar-refractivity contribution in [1.82, 2.24) is 0 Å². The van der Waals surface area contributed by atoms with Gasteiger partial charge in [-0.25, -0.2) is 0 Å². The third-order valence-electron chi connectivity index (χ3n) is 3.55. The Hall–Kier alpha value is -2.22. The van der Waals surface area contributed by atoms with Crippen molar-refractivity contribution in [3.8, 4) is 0 Å². The Morgan fingerprint density at radius 1 is 1.15 bits per heavy atom. The number of anilines is 1. The predicted octanol–water partition coefficient (Wildman–Crippen LogP) is 0.228. The average Bonchev–Trinajstić information content (AvgIpc) is 2.62. The molecule has 0 saturated carbocycles. The molecule has 2 rings (SSSR count). The first-order valence-corrected chi connectivity index (χ1v) is 6.48. The monoisotopic (exact) mass is 281 g/mol. The standard InChI is InChI=1S/C12H16N4O4/c1-13-5-2-6-14(8-7-13)11-4-3-10(15(17)18)9-12(11)16(19)20/h3-4,9H,2,5-8H2,1H3/p+1. The minimum absolute atomic E-state index is 0.196. The molecule has 0 radical (unpaired) electrons. The zero-order chi connectivity index (χ0) is 14.7. The van der Waals surface area contributed by atoms with Crippen LogP contribution >= 0.6 is 0 Å². The first-order valence-electron chi connectivity index (χ1n) is 6.48. The van der Waals surface area contributed by atoms with Crippen LogP contribution in [0.3, 0.4) is 0 Å². The van der Waals surface area contributed by atoms with E-state index in [1.807, 2.05) is 4.90 Å². The van der Waals surface area contributed by atoms with E-state index in [-0.39, 0.29) is 11.4 Å². The summed E-state index contributed by atoms with van der Waals surface area (Å²) in [5, 5.41) is 21.9. The van der Waals surface area contributed by atoms with Crippen molar-refractivity contribution in [1.29, 1.82) is 0 Å². The molecule has 1 aliphatic heterocycles. The van der Waals surface area contributed by atoms with E-state index in [2.05, 4.69) is 7.05 Å². The number of nitrogens with one attached hydrogen (secondary N) is 1. The summed E-state index contributed by atoms with van der Waals surface area (Å²) in [6.07, 6.45) is 0.944. The summed E-state index contributed by atoms with van der Waals surface area (Å²) >= 11 is 0. The number of quaternary nitrogens is 1. The molecule has 1 aromatic rings. The molecule has 0 bridgehead atoms. The van der Waals surface area contributed by atoms with Crippen LogP contribution in [0.4, 0.5) is 17.1 Å². The van der Waals surface area contributed by atoms with Crippen molar-refractivity contribution in [2.24, 2.45) is 0 Å². The van der Waals surface area contributed by atoms with Gasteiger partial charge in [-0.15, -0.1) is 0 Å². The fourth-order valence-electron chi connectivity index (χ4n) is 2.41. The number of hydrogen-bond acceptors (Lipinski definition) is 5. The van der Waals surface area contributed by atoms with Gasteiger partial charge in [0.2, 0.25) is 0 Å². The van der Waals surface area contributed by atoms with Crippen LogP contribution in [0.2, 0.25) is 0 Å². The molecule has 8 heteroatoms. The quantitative estimate of drug-likeness (QED) is 0.632. The molecule has 8 nitrogen and oxygen atoms in total. The van der Waals surface area contributed by atoms with Crippen LogP contribution in [-0.2, 0) is 0 Å². The second-order valence-corrected chi connectivity index (χ2v) is 4.98. The van der Waals surface area contributed by atoms with Gasteiger partial charge in [-0.05, 0) is 6.07 Å². The Morgan fingerprint density at radius 3 is 2.55 bits per heavy atom. The summed E-state index contributed by atoms with van der Waals surface area (Å²) in [7, 11) is 2.09. The van der Waals surface area contributed by atoms with Crippen LogP contribution in [0.5, 0.6) is 0 Å². The molecule has 1 aliphatic rings. The number of likely N-dealkylation sites (N-methyl/N-ethyl adjacent to an activating group) is 1. The molecule has 0 aliphatic carbocycles. The molecule has 108 valence electrons. The van der Waals surface area contributed by atoms with Crippen molar-refractivity contribution in [2.75, 3.05) is 38.1 Å². The number of nitro groups is 2. The largest absolute Gasteiger partial charge is 0.360 e. The highest BCUT2D eigenvalue weighted by Gasteiger charge is 2.25. The van der Waals surface area contributed by atoms with Gasteiger partial charge in [0.1, 0.15) is 5.69 Å². The number of benzene rings is 1. The summed E-state index contributed by atoms with van der Waals surface area (Å²) in [5.41, 5.74) is 0.0204. The molecule has 20 heavy (non-hydrogen) atoms. The smallest absolute Gasteiger partial charge is 0.299 e. The Balaban J connectivity index is 2.35. The highest BCUT2D eigenvalue weighted by molar-refractivity contribution is 5.66. The van der Waals surface area contributed by atoms with Gasteiger partial charge in [-0.3, -0.25) is 20.2 Å². The van der Waals surface area contributed by atoms with Gasteiger partial charge in [0.15, 0.2) is 0 Å². The number of nitro benzene ring substituents is 2. The van der Waals surface area contributed by atoms with E-state index in [1.54, 1.807) is 0 Å². The second-order valence-electron chi connectivity index (χ2n) is 4.98. The van der Waals surface area contributed by atoms with E-state index < -0.39 is 9.85 Å². The maximum atomic E-state index is 11.1. The van der Waals surface area contributed by atoms with Crippen molar-refractivity contribution in [3.63, 3.8) is 0 Å². The van der Waals surface area contributed by atoms with E-state index in [1.165, 1.54) is 17.0 Å². The third-order valence-corrected chi connectivity index (χ3v) is 3.55. The predicted molar refractivity (Wildman–Crippen MR) is 73.2 cm³/mol. The zero-order valence-corrected chi connectivity index (χ0v) is 11.2. The minimum Gasteiger partial charge on any atom is -0.360 e. The molecule has 0 spiro atoms. The van der Waals surface area contributed by atoms with Crippen LogP contribution in [0, 0.1) is 20.2 Å². The van der Waals surface area contributed by atoms with Crippen LogP contribution in [0.25, 0.3) is 0 Å². The maximum absolute atomic E-state index is 11.1. The lowest BCUT2D eigenvalue weighted by molar-refractivity contribution is -0.876. The molecule has 1 saturated heterocycles. The van der Waals surface area contributed by atoms with Gasteiger partial charge in [0.05, 0.1) is 42.6 Å². The van der Waals surface area contributed by atoms with Crippen LogP contribution < -0.4 is 9.80 Å². The van der Waals surface area contributed by atoms with Crippen LogP contribution in [-0.4, -0.2) is 43.1 Å². The molecule has 0 aromatic heterocycles.